The highest BCUT2D eigenvalue weighted by Crippen LogP contribution is 2.36. The molecule has 1 aromatic rings. The summed E-state index contributed by atoms with van der Waals surface area (Å²) in [5, 5.41) is 1.05. The fraction of sp³-hybridized carbons (Fsp3) is 0.200. The monoisotopic (exact) mass is 227 g/mol. The molecule has 0 aromatic heterocycles. The molecule has 1 atom stereocenters. The Bertz CT molecular complexity index is 547. The van der Waals surface area contributed by atoms with Crippen LogP contribution in [0.25, 0.3) is 5.57 Å². The van der Waals surface area contributed by atoms with E-state index in [4.69, 9.17) is 5.73 Å². The van der Waals surface area contributed by atoms with Crippen LogP contribution in [0.1, 0.15) is 12.5 Å². The Morgan fingerprint density at radius 2 is 2.07 bits per heavy atom. The van der Waals surface area contributed by atoms with Crippen LogP contribution in [0, 0.1) is 5.82 Å². The number of rotatable bonds is 1. The van der Waals surface area contributed by atoms with Crippen LogP contribution in [-0.2, 0) is 9.84 Å². The molecule has 2 rings (SSSR count). The summed E-state index contributed by atoms with van der Waals surface area (Å²) in [5.74, 6) is -0.544. The minimum absolute atomic E-state index is 0.00907. The molecule has 2 N–H and O–H groups in total. The van der Waals surface area contributed by atoms with E-state index in [0.29, 0.717) is 5.57 Å². The smallest absolute Gasteiger partial charge is 0.200 e. The molecule has 1 aliphatic heterocycles. The Balaban J connectivity index is 2.80. The standard InChI is InChI=1S/C10H10FNO2S/c1-6(12)7-5-15(13,14)9-4-2-3-8(11)10(7)9/h2-6H,12H2,1H3. The zero-order valence-electron chi connectivity index (χ0n) is 8.07. The fourth-order valence-corrected chi connectivity index (χ4v) is 3.21. The van der Waals surface area contributed by atoms with E-state index in [1.54, 1.807) is 6.92 Å². The maximum Gasteiger partial charge on any atom is 0.200 e. The van der Waals surface area contributed by atoms with Gasteiger partial charge in [-0.3, -0.25) is 0 Å². The quantitative estimate of drug-likeness (QED) is 0.786. The van der Waals surface area contributed by atoms with Crippen molar-refractivity contribution < 1.29 is 12.8 Å². The molecule has 0 fully saturated rings. The predicted octanol–water partition coefficient (Wildman–Crippen LogP) is 1.30. The van der Waals surface area contributed by atoms with E-state index < -0.39 is 21.7 Å². The Hall–Kier alpha value is -1.20. The second-order valence-electron chi connectivity index (χ2n) is 3.52. The van der Waals surface area contributed by atoms with Crippen molar-refractivity contribution in [2.45, 2.75) is 17.9 Å². The summed E-state index contributed by atoms with van der Waals surface area (Å²) in [5.41, 5.74) is 6.06. The second-order valence-corrected chi connectivity index (χ2v) is 5.29. The normalized spacial score (nSPS) is 19.5. The molecule has 0 saturated carbocycles. The summed E-state index contributed by atoms with van der Waals surface area (Å²) in [4.78, 5) is 0.00907. The molecule has 0 spiro atoms. The van der Waals surface area contributed by atoms with E-state index in [1.807, 2.05) is 0 Å². The first-order valence-corrected chi connectivity index (χ1v) is 5.99. The highest BCUT2D eigenvalue weighted by atomic mass is 32.2. The van der Waals surface area contributed by atoms with E-state index >= 15 is 0 Å². The van der Waals surface area contributed by atoms with Gasteiger partial charge in [0.1, 0.15) is 5.82 Å². The lowest BCUT2D eigenvalue weighted by molar-refractivity contribution is 0.599. The molecule has 3 nitrogen and oxygen atoms in total. The zero-order valence-corrected chi connectivity index (χ0v) is 8.88. The van der Waals surface area contributed by atoms with Crippen molar-refractivity contribution in [2.75, 3.05) is 0 Å². The molecule has 1 aliphatic rings. The molecule has 1 aromatic carbocycles. The molecule has 80 valence electrons. The molecule has 1 unspecified atom stereocenters. The first kappa shape index (κ1) is 10.3. The largest absolute Gasteiger partial charge is 0.324 e. The van der Waals surface area contributed by atoms with Crippen LogP contribution >= 0.6 is 0 Å². The summed E-state index contributed by atoms with van der Waals surface area (Å²) in [6.45, 7) is 1.63. The number of halogens is 1. The number of nitrogens with two attached hydrogens (primary N) is 1. The van der Waals surface area contributed by atoms with E-state index in [0.717, 1.165) is 5.41 Å². The van der Waals surface area contributed by atoms with Crippen molar-refractivity contribution >= 4 is 15.4 Å². The molecular weight excluding hydrogens is 217 g/mol. The minimum atomic E-state index is -3.50. The van der Waals surface area contributed by atoms with Crippen LogP contribution in [0.4, 0.5) is 4.39 Å². The molecule has 0 aliphatic carbocycles. The maximum atomic E-state index is 13.5. The van der Waals surface area contributed by atoms with Gasteiger partial charge in [0.05, 0.1) is 4.90 Å². The van der Waals surface area contributed by atoms with Gasteiger partial charge in [-0.25, -0.2) is 12.8 Å². The van der Waals surface area contributed by atoms with Gasteiger partial charge in [-0.05, 0) is 24.6 Å². The Labute approximate surface area is 87.3 Å². The van der Waals surface area contributed by atoms with Gasteiger partial charge in [-0.2, -0.15) is 0 Å². The Morgan fingerprint density at radius 1 is 1.40 bits per heavy atom. The van der Waals surface area contributed by atoms with Gasteiger partial charge in [0.25, 0.3) is 0 Å². The Morgan fingerprint density at radius 3 is 2.67 bits per heavy atom. The van der Waals surface area contributed by atoms with Gasteiger partial charge in [0.15, 0.2) is 0 Å². The van der Waals surface area contributed by atoms with E-state index in [1.165, 1.54) is 18.2 Å². The second kappa shape index (κ2) is 3.15. The molecular formula is C10H10FNO2S. The predicted molar refractivity (Wildman–Crippen MR) is 55.2 cm³/mol. The number of hydrogen-bond donors (Lipinski definition) is 1. The number of hydrogen-bond acceptors (Lipinski definition) is 3. The SMILES string of the molecule is CC(N)C1=CS(=O)(=O)c2cccc(F)c21. The number of benzene rings is 1. The van der Waals surface area contributed by atoms with Crippen molar-refractivity contribution in [3.05, 3.63) is 35.0 Å². The zero-order chi connectivity index (χ0) is 11.2. The van der Waals surface area contributed by atoms with E-state index in [2.05, 4.69) is 0 Å². The third kappa shape index (κ3) is 1.48. The average molecular weight is 227 g/mol. The third-order valence-electron chi connectivity index (χ3n) is 2.34. The summed E-state index contributed by atoms with van der Waals surface area (Å²) in [6.07, 6.45) is 0. The average Bonchev–Trinajstić information content (AvgIpc) is 2.40. The van der Waals surface area contributed by atoms with Crippen molar-refractivity contribution in [2.24, 2.45) is 5.73 Å². The summed E-state index contributed by atoms with van der Waals surface area (Å²) in [7, 11) is -3.50. The lowest BCUT2D eigenvalue weighted by Crippen LogP contribution is -2.16. The summed E-state index contributed by atoms with van der Waals surface area (Å²) < 4.78 is 36.7. The first-order valence-electron chi connectivity index (χ1n) is 4.44. The van der Waals surface area contributed by atoms with Crippen LogP contribution in [0.15, 0.2) is 28.5 Å². The van der Waals surface area contributed by atoms with Crippen molar-refractivity contribution in [1.29, 1.82) is 0 Å². The molecule has 0 bridgehead atoms. The van der Waals surface area contributed by atoms with Crippen LogP contribution in [0.2, 0.25) is 0 Å². The molecule has 15 heavy (non-hydrogen) atoms. The molecule has 0 radical (unpaired) electrons. The molecule has 5 heteroatoms. The fourth-order valence-electron chi connectivity index (χ4n) is 1.65. The lowest BCUT2D eigenvalue weighted by atomic mass is 10.0. The molecule has 0 saturated heterocycles. The van der Waals surface area contributed by atoms with E-state index in [-0.39, 0.29) is 10.5 Å². The molecule has 0 amide bonds. The van der Waals surface area contributed by atoms with Gasteiger partial charge in [-0.15, -0.1) is 0 Å². The highest BCUT2D eigenvalue weighted by Gasteiger charge is 2.30. The van der Waals surface area contributed by atoms with Gasteiger partial charge in [0, 0.05) is 17.0 Å². The Kier molecular flexibility index (Phi) is 2.17. The lowest BCUT2D eigenvalue weighted by Gasteiger charge is -2.08. The maximum absolute atomic E-state index is 13.5. The van der Waals surface area contributed by atoms with Gasteiger partial charge in [0.2, 0.25) is 9.84 Å². The third-order valence-corrected chi connectivity index (χ3v) is 3.86. The summed E-state index contributed by atoms with van der Waals surface area (Å²) >= 11 is 0. The topological polar surface area (TPSA) is 60.2 Å². The van der Waals surface area contributed by atoms with Crippen molar-refractivity contribution in [3.63, 3.8) is 0 Å². The van der Waals surface area contributed by atoms with Crippen molar-refractivity contribution in [1.82, 2.24) is 0 Å². The van der Waals surface area contributed by atoms with Crippen LogP contribution < -0.4 is 5.73 Å². The van der Waals surface area contributed by atoms with Gasteiger partial charge >= 0.3 is 0 Å². The van der Waals surface area contributed by atoms with Crippen LogP contribution in [0.3, 0.4) is 0 Å². The van der Waals surface area contributed by atoms with E-state index in [9.17, 15) is 12.8 Å². The highest BCUT2D eigenvalue weighted by molar-refractivity contribution is 7.95. The van der Waals surface area contributed by atoms with Gasteiger partial charge < -0.3 is 5.73 Å². The minimum Gasteiger partial charge on any atom is -0.324 e. The number of sulfone groups is 1. The van der Waals surface area contributed by atoms with Crippen molar-refractivity contribution in [3.8, 4) is 0 Å². The van der Waals surface area contributed by atoms with Crippen LogP contribution in [0.5, 0.6) is 0 Å². The van der Waals surface area contributed by atoms with Crippen LogP contribution in [-0.4, -0.2) is 14.5 Å². The molecule has 1 heterocycles. The number of fused-ring (bicyclic) bond motifs is 1. The van der Waals surface area contributed by atoms with Gasteiger partial charge in [-0.1, -0.05) is 6.07 Å². The summed E-state index contributed by atoms with van der Waals surface area (Å²) in [6, 6.07) is 3.50. The first-order chi connectivity index (χ1) is 6.93.